The summed E-state index contributed by atoms with van der Waals surface area (Å²) < 4.78 is 0. The molecule has 0 aliphatic heterocycles. The Hall–Kier alpha value is -0.0400. The molecule has 2 rings (SSSR count). The lowest BCUT2D eigenvalue weighted by Gasteiger charge is -2.33. The SMILES string of the molecule is CC(C1CC1)C(O)C1CCC1. The Morgan fingerprint density at radius 3 is 2.09 bits per heavy atom. The van der Waals surface area contributed by atoms with Crippen molar-refractivity contribution in [2.24, 2.45) is 17.8 Å². The Balaban J connectivity index is 1.81. The summed E-state index contributed by atoms with van der Waals surface area (Å²) in [6.45, 7) is 2.22. The summed E-state index contributed by atoms with van der Waals surface area (Å²) in [7, 11) is 0. The maximum absolute atomic E-state index is 9.85. The van der Waals surface area contributed by atoms with Crippen LogP contribution >= 0.6 is 0 Å². The molecule has 1 N–H and O–H groups in total. The molecule has 0 bridgehead atoms. The minimum atomic E-state index is 0.0243. The van der Waals surface area contributed by atoms with E-state index in [9.17, 15) is 5.11 Å². The highest BCUT2D eigenvalue weighted by atomic mass is 16.3. The van der Waals surface area contributed by atoms with E-state index in [0.717, 1.165) is 5.92 Å². The average Bonchev–Trinajstić information content (AvgIpc) is 2.62. The van der Waals surface area contributed by atoms with Crippen LogP contribution in [0.1, 0.15) is 39.0 Å². The maximum atomic E-state index is 9.85. The molecule has 0 amide bonds. The number of rotatable bonds is 3. The van der Waals surface area contributed by atoms with Gasteiger partial charge in [0.05, 0.1) is 6.10 Å². The molecule has 2 fully saturated rings. The molecule has 1 heteroatoms. The molecule has 11 heavy (non-hydrogen) atoms. The quantitative estimate of drug-likeness (QED) is 0.660. The van der Waals surface area contributed by atoms with Crippen molar-refractivity contribution < 1.29 is 5.11 Å². The molecule has 0 aromatic carbocycles. The van der Waals surface area contributed by atoms with Gasteiger partial charge in [-0.1, -0.05) is 13.3 Å². The fourth-order valence-corrected chi connectivity index (χ4v) is 2.11. The Morgan fingerprint density at radius 2 is 1.73 bits per heavy atom. The van der Waals surface area contributed by atoms with E-state index in [2.05, 4.69) is 6.92 Å². The summed E-state index contributed by atoms with van der Waals surface area (Å²) in [5, 5.41) is 9.85. The normalized spacial score (nSPS) is 31.1. The summed E-state index contributed by atoms with van der Waals surface area (Å²) >= 11 is 0. The lowest BCUT2D eigenvalue weighted by Crippen LogP contribution is -2.33. The number of hydrogen-bond acceptors (Lipinski definition) is 1. The Kier molecular flexibility index (Phi) is 1.92. The number of aliphatic hydroxyl groups excluding tert-OH is 1. The van der Waals surface area contributed by atoms with Crippen LogP contribution in [0.5, 0.6) is 0 Å². The van der Waals surface area contributed by atoms with Crippen molar-refractivity contribution in [2.75, 3.05) is 0 Å². The summed E-state index contributed by atoms with van der Waals surface area (Å²) in [5.41, 5.74) is 0. The van der Waals surface area contributed by atoms with E-state index in [1.54, 1.807) is 0 Å². The van der Waals surface area contributed by atoms with Gasteiger partial charge in [0, 0.05) is 0 Å². The standard InChI is InChI=1S/C10H18O/c1-7(8-5-6-8)10(11)9-3-2-4-9/h7-11H,2-6H2,1H3. The van der Waals surface area contributed by atoms with Crippen LogP contribution in [0.15, 0.2) is 0 Å². The largest absolute Gasteiger partial charge is 0.393 e. The molecule has 64 valence electrons. The smallest absolute Gasteiger partial charge is 0.0596 e. The van der Waals surface area contributed by atoms with Gasteiger partial charge in [-0.2, -0.15) is 0 Å². The van der Waals surface area contributed by atoms with Crippen LogP contribution in [0.25, 0.3) is 0 Å². The molecule has 0 radical (unpaired) electrons. The summed E-state index contributed by atoms with van der Waals surface area (Å²) in [4.78, 5) is 0. The van der Waals surface area contributed by atoms with Crippen molar-refractivity contribution in [3.8, 4) is 0 Å². The predicted octanol–water partition coefficient (Wildman–Crippen LogP) is 2.19. The van der Waals surface area contributed by atoms with Crippen molar-refractivity contribution in [1.29, 1.82) is 0 Å². The highest BCUT2D eigenvalue weighted by molar-refractivity contribution is 4.88. The van der Waals surface area contributed by atoms with Gasteiger partial charge in [0.25, 0.3) is 0 Å². The predicted molar refractivity (Wildman–Crippen MR) is 45.2 cm³/mol. The molecule has 2 unspecified atom stereocenters. The first-order chi connectivity index (χ1) is 5.29. The first-order valence-corrected chi connectivity index (χ1v) is 4.97. The van der Waals surface area contributed by atoms with E-state index in [1.807, 2.05) is 0 Å². The van der Waals surface area contributed by atoms with E-state index in [4.69, 9.17) is 0 Å². The summed E-state index contributed by atoms with van der Waals surface area (Å²) in [6.07, 6.45) is 6.65. The molecule has 0 spiro atoms. The van der Waals surface area contributed by atoms with Crippen molar-refractivity contribution >= 4 is 0 Å². The first-order valence-electron chi connectivity index (χ1n) is 4.97. The third kappa shape index (κ3) is 1.44. The van der Waals surface area contributed by atoms with Gasteiger partial charge in [0.1, 0.15) is 0 Å². The van der Waals surface area contributed by atoms with Gasteiger partial charge >= 0.3 is 0 Å². The Labute approximate surface area is 68.8 Å². The highest BCUT2D eigenvalue weighted by Crippen LogP contribution is 2.43. The molecule has 1 nitrogen and oxygen atoms in total. The lowest BCUT2D eigenvalue weighted by molar-refractivity contribution is 0.0135. The van der Waals surface area contributed by atoms with Gasteiger partial charge in [-0.05, 0) is 43.4 Å². The minimum absolute atomic E-state index is 0.0243. The molecular weight excluding hydrogens is 136 g/mol. The zero-order chi connectivity index (χ0) is 7.84. The Bertz CT molecular complexity index is 136. The van der Waals surface area contributed by atoms with Crippen molar-refractivity contribution in [2.45, 2.75) is 45.1 Å². The molecule has 0 heterocycles. The van der Waals surface area contributed by atoms with Gasteiger partial charge in [-0.3, -0.25) is 0 Å². The second-order valence-electron chi connectivity index (χ2n) is 4.38. The molecule has 2 aliphatic carbocycles. The minimum Gasteiger partial charge on any atom is -0.393 e. The first kappa shape index (κ1) is 7.60. The van der Waals surface area contributed by atoms with Crippen LogP contribution in [0.4, 0.5) is 0 Å². The van der Waals surface area contributed by atoms with Gasteiger partial charge in [-0.25, -0.2) is 0 Å². The summed E-state index contributed by atoms with van der Waals surface area (Å²) in [6, 6.07) is 0. The molecule has 0 saturated heterocycles. The monoisotopic (exact) mass is 154 g/mol. The third-order valence-electron chi connectivity index (χ3n) is 3.54. The fourth-order valence-electron chi connectivity index (χ4n) is 2.11. The average molecular weight is 154 g/mol. The molecule has 2 atom stereocenters. The molecule has 2 aliphatic rings. The van der Waals surface area contributed by atoms with Crippen LogP contribution in [-0.4, -0.2) is 11.2 Å². The van der Waals surface area contributed by atoms with Gasteiger partial charge in [0.2, 0.25) is 0 Å². The van der Waals surface area contributed by atoms with E-state index >= 15 is 0 Å². The van der Waals surface area contributed by atoms with E-state index in [1.165, 1.54) is 32.1 Å². The molecular formula is C10H18O. The van der Waals surface area contributed by atoms with Crippen LogP contribution in [-0.2, 0) is 0 Å². The van der Waals surface area contributed by atoms with Gasteiger partial charge in [0.15, 0.2) is 0 Å². The van der Waals surface area contributed by atoms with Gasteiger partial charge in [-0.15, -0.1) is 0 Å². The van der Waals surface area contributed by atoms with Crippen molar-refractivity contribution in [3.63, 3.8) is 0 Å². The second kappa shape index (κ2) is 2.78. The third-order valence-corrected chi connectivity index (χ3v) is 3.54. The van der Waals surface area contributed by atoms with E-state index in [0.29, 0.717) is 11.8 Å². The van der Waals surface area contributed by atoms with Crippen LogP contribution in [0.3, 0.4) is 0 Å². The summed E-state index contributed by atoms with van der Waals surface area (Å²) in [5.74, 6) is 2.11. The maximum Gasteiger partial charge on any atom is 0.0596 e. The van der Waals surface area contributed by atoms with Gasteiger partial charge < -0.3 is 5.11 Å². The zero-order valence-electron chi connectivity index (χ0n) is 7.29. The topological polar surface area (TPSA) is 20.2 Å². The number of hydrogen-bond donors (Lipinski definition) is 1. The van der Waals surface area contributed by atoms with Crippen molar-refractivity contribution in [1.82, 2.24) is 0 Å². The molecule has 0 aromatic heterocycles. The van der Waals surface area contributed by atoms with E-state index in [-0.39, 0.29) is 6.10 Å². The lowest BCUT2D eigenvalue weighted by atomic mass is 9.76. The van der Waals surface area contributed by atoms with Crippen LogP contribution < -0.4 is 0 Å². The van der Waals surface area contributed by atoms with Crippen LogP contribution in [0, 0.1) is 17.8 Å². The zero-order valence-corrected chi connectivity index (χ0v) is 7.29. The molecule has 2 saturated carbocycles. The number of aliphatic hydroxyl groups is 1. The van der Waals surface area contributed by atoms with Crippen molar-refractivity contribution in [3.05, 3.63) is 0 Å². The molecule has 0 aromatic rings. The van der Waals surface area contributed by atoms with E-state index < -0.39 is 0 Å². The second-order valence-corrected chi connectivity index (χ2v) is 4.38. The highest BCUT2D eigenvalue weighted by Gasteiger charge is 2.37. The fraction of sp³-hybridized carbons (Fsp3) is 1.00. The Morgan fingerprint density at radius 1 is 1.09 bits per heavy atom. The van der Waals surface area contributed by atoms with Crippen LogP contribution in [0.2, 0.25) is 0 Å².